The van der Waals surface area contributed by atoms with E-state index in [0.29, 0.717) is 5.69 Å². The van der Waals surface area contributed by atoms with E-state index in [4.69, 9.17) is 17.3 Å². The standard InChI is InChI=1S/C19H15ClF2N2O3S2/c1-2-29(26,27)18-15(23)17(16(25)10-3-5-11(21)6-4-10)28-19(18)24-12-7-8-14(22)13(20)9-12/h3-9,24H,2,23H2,1H3. The maximum Gasteiger partial charge on any atom is 0.205 e. The van der Waals surface area contributed by atoms with E-state index in [1.54, 1.807) is 0 Å². The predicted molar refractivity (Wildman–Crippen MR) is 111 cm³/mol. The molecule has 0 saturated heterocycles. The van der Waals surface area contributed by atoms with Crippen LogP contribution in [-0.2, 0) is 9.84 Å². The Bertz CT molecular complexity index is 1190. The Morgan fingerprint density at radius 1 is 1.17 bits per heavy atom. The minimum atomic E-state index is -3.80. The molecule has 0 aliphatic rings. The van der Waals surface area contributed by atoms with Crippen LogP contribution >= 0.6 is 22.9 Å². The zero-order valence-electron chi connectivity index (χ0n) is 15.0. The lowest BCUT2D eigenvalue weighted by molar-refractivity contribution is 0.104. The predicted octanol–water partition coefficient (Wildman–Crippen LogP) is 5.03. The van der Waals surface area contributed by atoms with E-state index in [1.165, 1.54) is 31.2 Å². The van der Waals surface area contributed by atoms with Crippen LogP contribution in [0.1, 0.15) is 22.2 Å². The van der Waals surface area contributed by atoms with Gasteiger partial charge in [-0.05, 0) is 42.5 Å². The topological polar surface area (TPSA) is 89.3 Å². The van der Waals surface area contributed by atoms with Crippen LogP contribution in [-0.4, -0.2) is 20.0 Å². The van der Waals surface area contributed by atoms with Gasteiger partial charge in [-0.15, -0.1) is 11.3 Å². The number of anilines is 3. The van der Waals surface area contributed by atoms with Crippen LogP contribution in [0.4, 0.5) is 25.2 Å². The van der Waals surface area contributed by atoms with Crippen molar-refractivity contribution in [2.75, 3.05) is 16.8 Å². The number of nitrogens with one attached hydrogen (secondary N) is 1. The van der Waals surface area contributed by atoms with Gasteiger partial charge in [-0.25, -0.2) is 17.2 Å². The highest BCUT2D eigenvalue weighted by atomic mass is 35.5. The summed E-state index contributed by atoms with van der Waals surface area (Å²) in [4.78, 5) is 12.6. The molecule has 0 spiro atoms. The second kappa shape index (κ2) is 8.10. The maximum absolute atomic E-state index is 13.4. The average molecular weight is 457 g/mol. The Balaban J connectivity index is 2.12. The van der Waals surface area contributed by atoms with E-state index in [2.05, 4.69) is 5.32 Å². The molecule has 0 fully saturated rings. The van der Waals surface area contributed by atoms with E-state index in [1.807, 2.05) is 0 Å². The normalized spacial score (nSPS) is 11.4. The molecule has 3 N–H and O–H groups in total. The number of hydrogen-bond donors (Lipinski definition) is 2. The van der Waals surface area contributed by atoms with Crippen LogP contribution in [0.2, 0.25) is 5.02 Å². The van der Waals surface area contributed by atoms with E-state index in [9.17, 15) is 22.0 Å². The summed E-state index contributed by atoms with van der Waals surface area (Å²) in [6.45, 7) is 1.45. The van der Waals surface area contributed by atoms with Crippen LogP contribution in [0.5, 0.6) is 0 Å². The smallest absolute Gasteiger partial charge is 0.205 e. The molecule has 1 aromatic heterocycles. The summed E-state index contributed by atoms with van der Waals surface area (Å²) in [7, 11) is -3.80. The minimum Gasteiger partial charge on any atom is -0.396 e. The largest absolute Gasteiger partial charge is 0.396 e. The van der Waals surface area contributed by atoms with Crippen LogP contribution < -0.4 is 11.1 Å². The molecule has 5 nitrogen and oxygen atoms in total. The van der Waals surface area contributed by atoms with Gasteiger partial charge < -0.3 is 11.1 Å². The average Bonchev–Trinajstić information content (AvgIpc) is 3.01. The fraction of sp³-hybridized carbons (Fsp3) is 0.105. The van der Waals surface area contributed by atoms with Gasteiger partial charge in [-0.1, -0.05) is 18.5 Å². The fourth-order valence-electron chi connectivity index (χ4n) is 2.57. The lowest BCUT2D eigenvalue weighted by Crippen LogP contribution is -2.09. The van der Waals surface area contributed by atoms with Crippen molar-refractivity contribution in [2.24, 2.45) is 0 Å². The third-order valence-electron chi connectivity index (χ3n) is 4.08. The first-order valence-corrected chi connectivity index (χ1v) is 11.2. The fourth-order valence-corrected chi connectivity index (χ4v) is 5.38. The molecule has 10 heteroatoms. The molecule has 0 bridgehead atoms. The summed E-state index contributed by atoms with van der Waals surface area (Å²) < 4.78 is 51.8. The molecule has 3 rings (SSSR count). The third-order valence-corrected chi connectivity index (χ3v) is 7.43. The number of hydrogen-bond acceptors (Lipinski definition) is 6. The van der Waals surface area contributed by atoms with Gasteiger partial charge in [0.2, 0.25) is 5.78 Å². The van der Waals surface area contributed by atoms with Crippen LogP contribution in [0, 0.1) is 11.6 Å². The number of sulfone groups is 1. The summed E-state index contributed by atoms with van der Waals surface area (Å²) in [6.07, 6.45) is 0. The Morgan fingerprint density at radius 3 is 2.41 bits per heavy atom. The van der Waals surface area contributed by atoms with Gasteiger partial charge in [0.25, 0.3) is 0 Å². The number of ketones is 1. The number of halogens is 3. The SMILES string of the molecule is CCS(=O)(=O)c1c(Nc2ccc(F)c(Cl)c2)sc(C(=O)c2ccc(F)cc2)c1N. The summed E-state index contributed by atoms with van der Waals surface area (Å²) in [5.41, 5.74) is 6.35. The summed E-state index contributed by atoms with van der Waals surface area (Å²) in [5.74, 6) is -1.91. The molecule has 0 amide bonds. The monoisotopic (exact) mass is 456 g/mol. The van der Waals surface area contributed by atoms with Crippen molar-refractivity contribution in [3.8, 4) is 0 Å². The zero-order valence-corrected chi connectivity index (χ0v) is 17.4. The first-order valence-electron chi connectivity index (χ1n) is 8.31. The first-order chi connectivity index (χ1) is 13.6. The number of rotatable bonds is 6. The molecule has 0 aliphatic heterocycles. The van der Waals surface area contributed by atoms with Gasteiger partial charge in [-0.3, -0.25) is 4.79 Å². The van der Waals surface area contributed by atoms with Crippen molar-refractivity contribution in [1.29, 1.82) is 0 Å². The van der Waals surface area contributed by atoms with E-state index >= 15 is 0 Å². The van der Waals surface area contributed by atoms with Gasteiger partial charge in [0.05, 0.1) is 16.5 Å². The number of thiophene rings is 1. The van der Waals surface area contributed by atoms with E-state index in [-0.39, 0.29) is 36.8 Å². The van der Waals surface area contributed by atoms with Crippen LogP contribution in [0.3, 0.4) is 0 Å². The van der Waals surface area contributed by atoms with Crippen molar-refractivity contribution >= 4 is 54.9 Å². The van der Waals surface area contributed by atoms with Gasteiger partial charge in [0.1, 0.15) is 26.4 Å². The lowest BCUT2D eigenvalue weighted by Gasteiger charge is -2.08. The molecule has 0 saturated carbocycles. The third kappa shape index (κ3) is 4.26. The van der Waals surface area contributed by atoms with Gasteiger partial charge in [0.15, 0.2) is 9.84 Å². The molecule has 3 aromatic rings. The molecule has 1 heterocycles. The number of nitrogens with two attached hydrogens (primary N) is 1. The Kier molecular flexibility index (Phi) is 5.92. The first kappa shape index (κ1) is 21.2. The van der Waals surface area contributed by atoms with Gasteiger partial charge in [0, 0.05) is 11.3 Å². The number of nitrogen functional groups attached to an aromatic ring is 1. The molecular formula is C19H15ClF2N2O3S2. The summed E-state index contributed by atoms with van der Waals surface area (Å²) >= 11 is 6.62. The molecular weight excluding hydrogens is 442 g/mol. The molecule has 2 aromatic carbocycles. The maximum atomic E-state index is 13.4. The van der Waals surface area contributed by atoms with Crippen molar-refractivity contribution in [3.63, 3.8) is 0 Å². The second-order valence-electron chi connectivity index (χ2n) is 6.00. The highest BCUT2D eigenvalue weighted by Crippen LogP contribution is 2.42. The van der Waals surface area contributed by atoms with Crippen molar-refractivity contribution in [2.45, 2.75) is 11.8 Å². The highest BCUT2D eigenvalue weighted by Gasteiger charge is 2.29. The summed E-state index contributed by atoms with van der Waals surface area (Å²) in [5, 5.41) is 2.81. The molecule has 0 aliphatic carbocycles. The van der Waals surface area contributed by atoms with Crippen molar-refractivity contribution in [3.05, 3.63) is 69.6 Å². The molecule has 152 valence electrons. The lowest BCUT2D eigenvalue weighted by atomic mass is 10.1. The quantitative estimate of drug-likeness (QED) is 0.508. The van der Waals surface area contributed by atoms with Gasteiger partial charge in [-0.2, -0.15) is 0 Å². The molecule has 29 heavy (non-hydrogen) atoms. The second-order valence-corrected chi connectivity index (χ2v) is 9.64. The van der Waals surface area contributed by atoms with Crippen molar-refractivity contribution in [1.82, 2.24) is 0 Å². The minimum absolute atomic E-state index is 0.000609. The summed E-state index contributed by atoms with van der Waals surface area (Å²) in [6, 6.07) is 8.62. The Morgan fingerprint density at radius 2 is 1.83 bits per heavy atom. The van der Waals surface area contributed by atoms with Gasteiger partial charge >= 0.3 is 0 Å². The van der Waals surface area contributed by atoms with Crippen LogP contribution in [0.25, 0.3) is 0 Å². The zero-order chi connectivity index (χ0) is 21.3. The molecule has 0 radical (unpaired) electrons. The van der Waals surface area contributed by atoms with E-state index in [0.717, 1.165) is 29.5 Å². The number of benzene rings is 2. The van der Waals surface area contributed by atoms with E-state index < -0.39 is 27.3 Å². The Hall–Kier alpha value is -2.49. The highest BCUT2D eigenvalue weighted by molar-refractivity contribution is 7.92. The molecule has 0 unspecified atom stereocenters. The number of carbonyl (C=O) groups excluding carboxylic acids is 1. The van der Waals surface area contributed by atoms with Crippen LogP contribution in [0.15, 0.2) is 47.4 Å². The Labute approximate surface area is 175 Å². The molecule has 0 atom stereocenters. The number of carbonyl (C=O) groups is 1. The van der Waals surface area contributed by atoms with Crippen molar-refractivity contribution < 1.29 is 22.0 Å².